The van der Waals surface area contributed by atoms with Gasteiger partial charge < -0.3 is 19.9 Å². The number of hydrogen-bond acceptors (Lipinski definition) is 6. The molecule has 1 aliphatic heterocycles. The van der Waals surface area contributed by atoms with Crippen LogP contribution in [0.5, 0.6) is 0 Å². The maximum Gasteiger partial charge on any atom is 0.320 e. The van der Waals surface area contributed by atoms with E-state index in [-0.39, 0.29) is 6.03 Å². The van der Waals surface area contributed by atoms with E-state index in [0.717, 1.165) is 30.1 Å². The molecule has 8 heteroatoms. The van der Waals surface area contributed by atoms with Crippen molar-refractivity contribution in [2.75, 3.05) is 18.5 Å². The van der Waals surface area contributed by atoms with Crippen LogP contribution in [0.2, 0.25) is 0 Å². The third kappa shape index (κ3) is 3.41. The van der Waals surface area contributed by atoms with Gasteiger partial charge in [-0.1, -0.05) is 5.16 Å². The number of carbonyl (C=O) groups excluding carboxylic acids is 1. The first-order valence-electron chi connectivity index (χ1n) is 9.00. The molecule has 3 heterocycles. The van der Waals surface area contributed by atoms with Gasteiger partial charge in [0.2, 0.25) is 0 Å². The molecular formula is C18H23N5O3. The molecule has 0 bridgehead atoms. The van der Waals surface area contributed by atoms with E-state index in [2.05, 4.69) is 25.8 Å². The highest BCUT2D eigenvalue weighted by Crippen LogP contribution is 2.42. The molecule has 2 aromatic heterocycles. The molecule has 0 spiro atoms. The lowest BCUT2D eigenvalue weighted by molar-refractivity contribution is 0.0307. The van der Waals surface area contributed by atoms with Gasteiger partial charge in [-0.15, -0.1) is 0 Å². The summed E-state index contributed by atoms with van der Waals surface area (Å²) in [5.41, 5.74) is 1.77. The third-order valence-corrected chi connectivity index (χ3v) is 4.95. The number of aromatic nitrogens is 3. The summed E-state index contributed by atoms with van der Waals surface area (Å²) in [4.78, 5) is 21.5. The second-order valence-electron chi connectivity index (χ2n) is 7.10. The Morgan fingerprint density at radius 1 is 1.27 bits per heavy atom. The zero-order valence-corrected chi connectivity index (χ0v) is 15.0. The molecule has 26 heavy (non-hydrogen) atoms. The molecule has 2 aliphatic rings. The Morgan fingerprint density at radius 3 is 2.69 bits per heavy atom. The van der Waals surface area contributed by atoms with Crippen molar-refractivity contribution in [2.45, 2.75) is 51.0 Å². The molecule has 0 unspecified atom stereocenters. The van der Waals surface area contributed by atoms with E-state index >= 15 is 0 Å². The SMILES string of the molecule is Cc1cc(C2(NC(=O)Nc3cnc(C)nc3C3CC3)CCOCC2)on1. The van der Waals surface area contributed by atoms with Crippen LogP contribution in [0.25, 0.3) is 0 Å². The molecule has 4 rings (SSSR count). The number of nitrogens with zero attached hydrogens (tertiary/aromatic N) is 3. The second kappa shape index (κ2) is 6.68. The van der Waals surface area contributed by atoms with Crippen molar-refractivity contribution in [1.29, 1.82) is 0 Å². The Morgan fingerprint density at radius 2 is 2.04 bits per heavy atom. The van der Waals surface area contributed by atoms with Crippen molar-refractivity contribution in [1.82, 2.24) is 20.4 Å². The summed E-state index contributed by atoms with van der Waals surface area (Å²) in [7, 11) is 0. The van der Waals surface area contributed by atoms with Crippen molar-refractivity contribution in [3.8, 4) is 0 Å². The number of aryl methyl sites for hydroxylation is 2. The normalized spacial score (nSPS) is 19.2. The molecule has 1 saturated carbocycles. The lowest BCUT2D eigenvalue weighted by atomic mass is 9.87. The molecular weight excluding hydrogens is 334 g/mol. The van der Waals surface area contributed by atoms with Gasteiger partial charge in [-0.2, -0.15) is 0 Å². The molecule has 0 radical (unpaired) electrons. The van der Waals surface area contributed by atoms with Gasteiger partial charge in [0.15, 0.2) is 5.76 Å². The number of amides is 2. The van der Waals surface area contributed by atoms with E-state index in [4.69, 9.17) is 9.26 Å². The fourth-order valence-electron chi connectivity index (χ4n) is 3.36. The van der Waals surface area contributed by atoms with Crippen molar-refractivity contribution in [2.24, 2.45) is 0 Å². The molecule has 8 nitrogen and oxygen atoms in total. The predicted octanol–water partition coefficient (Wildman–Crippen LogP) is 2.79. The Labute approximate surface area is 151 Å². The van der Waals surface area contributed by atoms with Crippen LogP contribution >= 0.6 is 0 Å². The van der Waals surface area contributed by atoms with Gasteiger partial charge in [-0.3, -0.25) is 0 Å². The van der Waals surface area contributed by atoms with E-state index in [1.165, 1.54) is 0 Å². The largest absolute Gasteiger partial charge is 0.381 e. The third-order valence-electron chi connectivity index (χ3n) is 4.95. The van der Waals surface area contributed by atoms with Gasteiger partial charge in [-0.25, -0.2) is 14.8 Å². The minimum Gasteiger partial charge on any atom is -0.381 e. The Kier molecular flexibility index (Phi) is 4.36. The van der Waals surface area contributed by atoms with Crippen LogP contribution in [0.3, 0.4) is 0 Å². The van der Waals surface area contributed by atoms with Crippen LogP contribution in [0.1, 0.15) is 54.6 Å². The first-order chi connectivity index (χ1) is 12.6. The number of carbonyl (C=O) groups is 1. The second-order valence-corrected chi connectivity index (χ2v) is 7.10. The number of rotatable bonds is 4. The van der Waals surface area contributed by atoms with Crippen LogP contribution in [0, 0.1) is 13.8 Å². The lowest BCUT2D eigenvalue weighted by Crippen LogP contribution is -2.50. The number of ether oxygens (including phenoxy) is 1. The summed E-state index contributed by atoms with van der Waals surface area (Å²) in [6.45, 7) is 4.84. The van der Waals surface area contributed by atoms with Crippen LogP contribution in [-0.2, 0) is 10.3 Å². The minimum absolute atomic E-state index is 0.296. The summed E-state index contributed by atoms with van der Waals surface area (Å²) in [6, 6.07) is 1.58. The standard InChI is InChI=1S/C18H23N5O3/c1-11-9-15(26-23-11)18(5-7-25-8-6-18)22-17(24)21-14-10-19-12(2)20-16(14)13-3-4-13/h9-10,13H,3-8H2,1-2H3,(H2,21,22,24). The molecule has 2 aromatic rings. The Bertz CT molecular complexity index is 809. The fourth-order valence-corrected chi connectivity index (χ4v) is 3.36. The summed E-state index contributed by atoms with van der Waals surface area (Å²) in [5.74, 6) is 1.80. The summed E-state index contributed by atoms with van der Waals surface area (Å²) in [6.07, 6.45) is 5.16. The number of hydrogen-bond donors (Lipinski definition) is 2. The zero-order valence-electron chi connectivity index (χ0n) is 15.0. The van der Waals surface area contributed by atoms with E-state index in [1.807, 2.05) is 19.9 Å². The summed E-state index contributed by atoms with van der Waals surface area (Å²) < 4.78 is 10.9. The Hall–Kier alpha value is -2.48. The van der Waals surface area contributed by atoms with Crippen LogP contribution < -0.4 is 10.6 Å². The number of urea groups is 1. The highest BCUT2D eigenvalue weighted by atomic mass is 16.5. The van der Waals surface area contributed by atoms with Crippen LogP contribution in [0.15, 0.2) is 16.8 Å². The van der Waals surface area contributed by atoms with E-state index in [0.29, 0.717) is 43.4 Å². The highest BCUT2D eigenvalue weighted by molar-refractivity contribution is 5.90. The number of anilines is 1. The first-order valence-corrected chi connectivity index (χ1v) is 9.00. The lowest BCUT2D eigenvalue weighted by Gasteiger charge is -2.35. The topological polar surface area (TPSA) is 102 Å². The van der Waals surface area contributed by atoms with Gasteiger partial charge in [-0.05, 0) is 26.7 Å². The van der Waals surface area contributed by atoms with E-state index in [1.54, 1.807) is 6.20 Å². The molecule has 1 aliphatic carbocycles. The van der Waals surface area contributed by atoms with Crippen LogP contribution in [0.4, 0.5) is 10.5 Å². The van der Waals surface area contributed by atoms with Gasteiger partial charge >= 0.3 is 6.03 Å². The van der Waals surface area contributed by atoms with Crippen molar-refractivity contribution in [3.05, 3.63) is 35.2 Å². The fraction of sp³-hybridized carbons (Fsp3) is 0.556. The predicted molar refractivity (Wildman–Crippen MR) is 93.9 cm³/mol. The van der Waals surface area contributed by atoms with Crippen molar-refractivity contribution in [3.63, 3.8) is 0 Å². The minimum atomic E-state index is -0.616. The molecule has 1 saturated heterocycles. The van der Waals surface area contributed by atoms with Gasteiger partial charge in [0.1, 0.15) is 11.4 Å². The van der Waals surface area contributed by atoms with Gasteiger partial charge in [0.05, 0.1) is 23.3 Å². The van der Waals surface area contributed by atoms with Gasteiger partial charge in [0.25, 0.3) is 0 Å². The smallest absolute Gasteiger partial charge is 0.320 e. The quantitative estimate of drug-likeness (QED) is 0.872. The number of nitrogens with one attached hydrogen (secondary N) is 2. The molecule has 0 atom stereocenters. The molecule has 138 valence electrons. The maximum atomic E-state index is 12.8. The van der Waals surface area contributed by atoms with E-state index < -0.39 is 5.54 Å². The van der Waals surface area contributed by atoms with Crippen molar-refractivity contribution >= 4 is 11.7 Å². The molecule has 0 aromatic carbocycles. The summed E-state index contributed by atoms with van der Waals surface area (Å²) >= 11 is 0. The molecule has 2 fully saturated rings. The molecule has 2 amide bonds. The van der Waals surface area contributed by atoms with Gasteiger partial charge in [0, 0.05) is 38.0 Å². The Balaban J connectivity index is 1.54. The average molecular weight is 357 g/mol. The summed E-state index contributed by atoms with van der Waals surface area (Å²) in [5, 5.41) is 10.00. The van der Waals surface area contributed by atoms with E-state index in [9.17, 15) is 4.79 Å². The zero-order chi connectivity index (χ0) is 18.1. The maximum absolute atomic E-state index is 12.8. The molecule has 2 N–H and O–H groups in total. The first kappa shape index (κ1) is 17.0. The van der Waals surface area contributed by atoms with Crippen LogP contribution in [-0.4, -0.2) is 34.4 Å². The van der Waals surface area contributed by atoms with Crippen molar-refractivity contribution < 1.29 is 14.1 Å². The monoisotopic (exact) mass is 357 g/mol. The highest BCUT2D eigenvalue weighted by Gasteiger charge is 2.40. The average Bonchev–Trinajstić information content (AvgIpc) is 3.37.